The van der Waals surface area contributed by atoms with Crippen molar-refractivity contribution in [3.05, 3.63) is 17.0 Å². The van der Waals surface area contributed by atoms with Gasteiger partial charge in [-0.2, -0.15) is 0 Å². The van der Waals surface area contributed by atoms with Crippen LogP contribution in [0.1, 0.15) is 11.8 Å². The Balaban J connectivity index is 2.42. The maximum Gasteiger partial charge on any atom is 0.250 e. The lowest BCUT2D eigenvalue weighted by Gasteiger charge is -2.08. The topological polar surface area (TPSA) is 101 Å². The molecule has 0 aliphatic carbocycles. The van der Waals surface area contributed by atoms with Gasteiger partial charge in [-0.3, -0.25) is 4.79 Å². The van der Waals surface area contributed by atoms with E-state index in [-0.39, 0.29) is 23.2 Å². The van der Waals surface area contributed by atoms with Crippen LogP contribution in [0.4, 0.5) is 0 Å². The van der Waals surface area contributed by atoms with Crippen molar-refractivity contribution in [1.82, 2.24) is 10.0 Å². The summed E-state index contributed by atoms with van der Waals surface area (Å²) in [5.74, 6) is -0.304. The Morgan fingerprint density at radius 3 is 2.61 bits per heavy atom. The lowest BCUT2D eigenvalue weighted by molar-refractivity contribution is -0.121. The summed E-state index contributed by atoms with van der Waals surface area (Å²) in [4.78, 5) is 12.1. The predicted molar refractivity (Wildman–Crippen MR) is 70.9 cm³/mol. The summed E-state index contributed by atoms with van der Waals surface area (Å²) in [7, 11) is -3.47. The molecule has 1 unspecified atom stereocenters. The van der Waals surface area contributed by atoms with Gasteiger partial charge in [-0.25, -0.2) is 13.1 Å². The number of sulfonamides is 1. The summed E-state index contributed by atoms with van der Waals surface area (Å²) in [6, 6.07) is 2.71. The summed E-state index contributed by atoms with van der Waals surface area (Å²) in [6.07, 6.45) is 0. The van der Waals surface area contributed by atoms with Crippen LogP contribution in [0, 0.1) is 6.92 Å². The molecule has 18 heavy (non-hydrogen) atoms. The second-order valence-corrected chi connectivity index (χ2v) is 7.12. The third-order valence-corrected chi connectivity index (χ3v) is 5.06. The molecular weight excluding hydrogens is 274 g/mol. The van der Waals surface area contributed by atoms with E-state index in [2.05, 4.69) is 10.0 Å². The maximum absolute atomic E-state index is 11.8. The quantitative estimate of drug-likeness (QED) is 0.632. The Morgan fingerprint density at radius 2 is 2.11 bits per heavy atom. The molecule has 0 aliphatic rings. The molecule has 1 aromatic rings. The molecule has 0 spiro atoms. The fourth-order valence-electron chi connectivity index (χ4n) is 1.16. The van der Waals surface area contributed by atoms with E-state index in [1.165, 1.54) is 11.3 Å². The van der Waals surface area contributed by atoms with Gasteiger partial charge in [-0.05, 0) is 26.0 Å². The number of nitrogens with two attached hydrogens (primary N) is 1. The number of thiophene rings is 1. The number of rotatable bonds is 6. The first-order valence-electron chi connectivity index (χ1n) is 5.42. The number of hydrogen-bond donors (Lipinski definition) is 3. The SMILES string of the molecule is Cc1ccc(S(=O)(=O)NCCNC(=O)C(C)N)s1. The highest BCUT2D eigenvalue weighted by Gasteiger charge is 2.15. The van der Waals surface area contributed by atoms with Crippen LogP contribution < -0.4 is 15.8 Å². The zero-order valence-electron chi connectivity index (χ0n) is 10.3. The Bertz CT molecular complexity index is 508. The fourth-order valence-corrected chi connectivity index (χ4v) is 3.52. The molecule has 4 N–H and O–H groups in total. The van der Waals surface area contributed by atoms with Crippen molar-refractivity contribution in [3.63, 3.8) is 0 Å². The average Bonchev–Trinajstić information content (AvgIpc) is 2.71. The summed E-state index contributed by atoms with van der Waals surface area (Å²) >= 11 is 1.21. The molecule has 0 bridgehead atoms. The molecule has 1 heterocycles. The number of hydrogen-bond acceptors (Lipinski definition) is 5. The average molecular weight is 291 g/mol. The van der Waals surface area contributed by atoms with E-state index >= 15 is 0 Å². The molecule has 0 saturated carbocycles. The molecule has 1 atom stereocenters. The van der Waals surface area contributed by atoms with Crippen molar-refractivity contribution in [2.75, 3.05) is 13.1 Å². The van der Waals surface area contributed by atoms with Gasteiger partial charge in [0.1, 0.15) is 4.21 Å². The first kappa shape index (κ1) is 15.1. The van der Waals surface area contributed by atoms with Gasteiger partial charge in [0.25, 0.3) is 0 Å². The van der Waals surface area contributed by atoms with Gasteiger partial charge in [-0.1, -0.05) is 0 Å². The van der Waals surface area contributed by atoms with E-state index in [0.29, 0.717) is 0 Å². The Morgan fingerprint density at radius 1 is 1.44 bits per heavy atom. The second-order valence-electron chi connectivity index (χ2n) is 3.84. The van der Waals surface area contributed by atoms with Gasteiger partial charge < -0.3 is 11.1 Å². The number of carbonyl (C=O) groups is 1. The zero-order valence-corrected chi connectivity index (χ0v) is 11.9. The molecule has 0 radical (unpaired) electrons. The predicted octanol–water partition coefficient (Wildman–Crippen LogP) is -0.202. The minimum atomic E-state index is -3.47. The smallest absolute Gasteiger partial charge is 0.250 e. The van der Waals surface area contributed by atoms with Crippen LogP contribution in [-0.4, -0.2) is 33.5 Å². The number of amides is 1. The summed E-state index contributed by atoms with van der Waals surface area (Å²) < 4.78 is 26.3. The van der Waals surface area contributed by atoms with E-state index in [4.69, 9.17) is 5.73 Å². The Labute approximate surface area is 111 Å². The van der Waals surface area contributed by atoms with Gasteiger partial charge in [0.05, 0.1) is 6.04 Å². The lowest BCUT2D eigenvalue weighted by Crippen LogP contribution is -2.41. The molecule has 0 aliphatic heterocycles. The van der Waals surface area contributed by atoms with Crippen LogP contribution in [0.15, 0.2) is 16.3 Å². The molecule has 0 saturated heterocycles. The molecule has 1 amide bonds. The molecule has 8 heteroatoms. The van der Waals surface area contributed by atoms with Crippen LogP contribution in [0.5, 0.6) is 0 Å². The first-order chi connectivity index (χ1) is 8.33. The first-order valence-corrected chi connectivity index (χ1v) is 7.72. The van der Waals surface area contributed by atoms with Crippen molar-refractivity contribution in [2.45, 2.75) is 24.1 Å². The summed E-state index contributed by atoms with van der Waals surface area (Å²) in [6.45, 7) is 3.75. The lowest BCUT2D eigenvalue weighted by atomic mass is 10.3. The van der Waals surface area contributed by atoms with Crippen molar-refractivity contribution in [2.24, 2.45) is 5.73 Å². The van der Waals surface area contributed by atoms with Crippen LogP contribution in [0.25, 0.3) is 0 Å². The molecular formula is C10H17N3O3S2. The minimum Gasteiger partial charge on any atom is -0.353 e. The molecule has 102 valence electrons. The monoisotopic (exact) mass is 291 g/mol. The van der Waals surface area contributed by atoms with E-state index in [1.54, 1.807) is 19.1 Å². The highest BCUT2D eigenvalue weighted by Crippen LogP contribution is 2.19. The van der Waals surface area contributed by atoms with Gasteiger partial charge in [0, 0.05) is 18.0 Å². The van der Waals surface area contributed by atoms with Crippen molar-refractivity contribution in [3.8, 4) is 0 Å². The van der Waals surface area contributed by atoms with Crippen molar-refractivity contribution >= 4 is 27.3 Å². The normalized spacial score (nSPS) is 13.3. The van der Waals surface area contributed by atoms with Gasteiger partial charge in [0.15, 0.2) is 0 Å². The largest absolute Gasteiger partial charge is 0.353 e. The van der Waals surface area contributed by atoms with Gasteiger partial charge >= 0.3 is 0 Å². The summed E-state index contributed by atoms with van der Waals surface area (Å²) in [5, 5.41) is 2.52. The maximum atomic E-state index is 11.8. The standard InChI is InChI=1S/C10H17N3O3S2/c1-7-3-4-9(17-7)18(15,16)13-6-5-12-10(14)8(2)11/h3-4,8,13H,5-6,11H2,1-2H3,(H,12,14). The van der Waals surface area contributed by atoms with Crippen molar-refractivity contribution < 1.29 is 13.2 Å². The second kappa shape index (κ2) is 6.28. The number of aryl methyl sites for hydroxylation is 1. The van der Waals surface area contributed by atoms with Gasteiger partial charge in [-0.15, -0.1) is 11.3 Å². The molecule has 1 rings (SSSR count). The van der Waals surface area contributed by atoms with Gasteiger partial charge in [0.2, 0.25) is 15.9 Å². The van der Waals surface area contributed by atoms with Crippen LogP contribution >= 0.6 is 11.3 Å². The van der Waals surface area contributed by atoms with Crippen LogP contribution in [-0.2, 0) is 14.8 Å². The highest BCUT2D eigenvalue weighted by atomic mass is 32.2. The van der Waals surface area contributed by atoms with E-state index in [0.717, 1.165) is 4.88 Å². The Hall–Kier alpha value is -0.960. The highest BCUT2D eigenvalue weighted by molar-refractivity contribution is 7.91. The molecule has 1 aromatic heterocycles. The molecule has 6 nitrogen and oxygen atoms in total. The molecule has 0 aromatic carbocycles. The van der Waals surface area contributed by atoms with Crippen LogP contribution in [0.2, 0.25) is 0 Å². The van der Waals surface area contributed by atoms with E-state index in [9.17, 15) is 13.2 Å². The minimum absolute atomic E-state index is 0.137. The summed E-state index contributed by atoms with van der Waals surface area (Å²) in [5.41, 5.74) is 5.35. The van der Waals surface area contributed by atoms with Crippen LogP contribution in [0.3, 0.4) is 0 Å². The van der Waals surface area contributed by atoms with E-state index in [1.807, 2.05) is 6.92 Å². The van der Waals surface area contributed by atoms with Crippen molar-refractivity contribution in [1.29, 1.82) is 0 Å². The van der Waals surface area contributed by atoms with E-state index < -0.39 is 16.1 Å². The Kier molecular flexibility index (Phi) is 5.27. The third kappa shape index (κ3) is 4.37. The molecule has 0 fully saturated rings. The third-order valence-electron chi connectivity index (χ3n) is 2.11. The number of carbonyl (C=O) groups excluding carboxylic acids is 1. The fraction of sp³-hybridized carbons (Fsp3) is 0.500. The zero-order chi connectivity index (χ0) is 13.8. The number of nitrogens with one attached hydrogen (secondary N) is 2.